The van der Waals surface area contributed by atoms with Crippen LogP contribution in [0, 0.1) is 0 Å². The zero-order chi connectivity index (χ0) is 31.3. The number of anilines is 1. The summed E-state index contributed by atoms with van der Waals surface area (Å²) in [4.78, 5) is 49.1. The van der Waals surface area contributed by atoms with Gasteiger partial charge in [-0.3, -0.25) is 19.7 Å². The lowest BCUT2D eigenvalue weighted by Crippen LogP contribution is -2.52. The molecule has 2 aromatic carbocycles. The van der Waals surface area contributed by atoms with Crippen LogP contribution in [-0.4, -0.2) is 79.4 Å². The number of carbonyl (C=O) groups is 4. The van der Waals surface area contributed by atoms with Gasteiger partial charge in [0, 0.05) is 42.9 Å². The number of imide groups is 1. The first-order chi connectivity index (χ1) is 21.3. The molecule has 2 atom stereocenters. The number of nitrogens with one attached hydrogen (secondary N) is 3. The highest BCUT2D eigenvalue weighted by Crippen LogP contribution is 2.32. The third-order valence-corrected chi connectivity index (χ3v) is 7.67. The minimum absolute atomic E-state index is 0.190. The van der Waals surface area contributed by atoms with Crippen molar-refractivity contribution in [1.82, 2.24) is 15.5 Å². The van der Waals surface area contributed by atoms with Crippen LogP contribution in [0.4, 0.5) is 10.5 Å². The summed E-state index contributed by atoms with van der Waals surface area (Å²) in [5.74, 6) is -0.171. The first kappa shape index (κ1) is 32.7. The van der Waals surface area contributed by atoms with E-state index >= 15 is 0 Å². The van der Waals surface area contributed by atoms with E-state index in [1.54, 1.807) is 17.9 Å². The van der Waals surface area contributed by atoms with Crippen LogP contribution in [0.15, 0.2) is 42.5 Å². The Kier molecular flexibility index (Phi) is 12.4. The van der Waals surface area contributed by atoms with E-state index in [0.29, 0.717) is 58.1 Å². The molecule has 4 amide bonds. The van der Waals surface area contributed by atoms with Gasteiger partial charge >= 0.3 is 6.09 Å². The van der Waals surface area contributed by atoms with Crippen LogP contribution in [0.5, 0.6) is 5.75 Å². The molecule has 0 spiro atoms. The summed E-state index contributed by atoms with van der Waals surface area (Å²) in [6.45, 7) is 5.45. The van der Waals surface area contributed by atoms with Crippen LogP contribution < -0.4 is 20.7 Å². The highest BCUT2D eigenvalue weighted by atomic mass is 16.5. The molecule has 0 saturated carbocycles. The molecule has 1 fully saturated rings. The van der Waals surface area contributed by atoms with Gasteiger partial charge in [-0.25, -0.2) is 4.79 Å². The van der Waals surface area contributed by atoms with Crippen LogP contribution in [-0.2, 0) is 25.6 Å². The Balaban J connectivity index is 1.01. The Hall–Kier alpha value is -4.16. The molecule has 0 aromatic heterocycles. The standard InChI is InChI=1S/C32H42N4O8/c1-22(34-32(40)41)23-8-6-9-24(20-23)44-16-5-3-2-4-15-42-18-19-43-17-14-33-27-11-7-10-25-26(27)21-36(31(25)39)28-12-13-29(37)35-30(28)38/h6-11,20,22,28,33-34H,2-5,12-19,21H2,1H3,(H,40,41)(H,35,37,38)/t22-,28?/m1/s1. The van der Waals surface area contributed by atoms with Crippen molar-refractivity contribution in [2.45, 2.75) is 64.1 Å². The predicted molar refractivity (Wildman–Crippen MR) is 163 cm³/mol. The minimum atomic E-state index is -1.05. The molecule has 12 nitrogen and oxygen atoms in total. The van der Waals surface area contributed by atoms with Crippen LogP contribution in [0.3, 0.4) is 0 Å². The molecule has 0 aliphatic carbocycles. The largest absolute Gasteiger partial charge is 0.494 e. The molecule has 4 N–H and O–H groups in total. The number of carbonyl (C=O) groups excluding carboxylic acids is 3. The fraction of sp³-hybridized carbons (Fsp3) is 0.500. The molecular formula is C32H42N4O8. The van der Waals surface area contributed by atoms with Gasteiger partial charge in [0.25, 0.3) is 5.91 Å². The summed E-state index contributed by atoms with van der Waals surface area (Å²) < 4.78 is 17.2. The van der Waals surface area contributed by atoms with Gasteiger partial charge in [-0.2, -0.15) is 0 Å². The fourth-order valence-corrected chi connectivity index (χ4v) is 5.32. The van der Waals surface area contributed by atoms with Gasteiger partial charge in [0.1, 0.15) is 11.8 Å². The molecule has 2 heterocycles. The molecule has 2 aliphatic rings. The van der Waals surface area contributed by atoms with Crippen molar-refractivity contribution in [3.05, 3.63) is 59.2 Å². The van der Waals surface area contributed by atoms with Crippen molar-refractivity contribution in [1.29, 1.82) is 0 Å². The number of nitrogens with zero attached hydrogens (tertiary/aromatic N) is 1. The van der Waals surface area contributed by atoms with Crippen LogP contribution >= 0.6 is 0 Å². The summed E-state index contributed by atoms with van der Waals surface area (Å²) in [7, 11) is 0. The normalized spacial score (nSPS) is 16.8. The molecule has 238 valence electrons. The van der Waals surface area contributed by atoms with E-state index in [0.717, 1.165) is 48.2 Å². The van der Waals surface area contributed by atoms with Crippen molar-refractivity contribution in [2.24, 2.45) is 0 Å². The van der Waals surface area contributed by atoms with Gasteiger partial charge in [0.05, 0.1) is 32.5 Å². The second-order valence-corrected chi connectivity index (χ2v) is 10.9. The molecule has 2 aromatic rings. The van der Waals surface area contributed by atoms with Gasteiger partial charge < -0.3 is 34.9 Å². The van der Waals surface area contributed by atoms with Crippen LogP contribution in [0.1, 0.15) is 73.0 Å². The third-order valence-electron chi connectivity index (χ3n) is 7.67. The first-order valence-electron chi connectivity index (χ1n) is 15.2. The lowest BCUT2D eigenvalue weighted by molar-refractivity contribution is -0.136. The Morgan fingerprint density at radius 1 is 1.00 bits per heavy atom. The van der Waals surface area contributed by atoms with E-state index < -0.39 is 18.0 Å². The molecule has 2 aliphatic heterocycles. The highest BCUT2D eigenvalue weighted by molar-refractivity contribution is 6.06. The van der Waals surface area contributed by atoms with Crippen molar-refractivity contribution in [3.63, 3.8) is 0 Å². The van der Waals surface area contributed by atoms with Crippen molar-refractivity contribution >= 4 is 29.5 Å². The molecule has 44 heavy (non-hydrogen) atoms. The van der Waals surface area contributed by atoms with Gasteiger partial charge in [-0.1, -0.05) is 24.6 Å². The Morgan fingerprint density at radius 2 is 1.75 bits per heavy atom. The lowest BCUT2D eigenvalue weighted by atomic mass is 10.0. The number of hydrogen-bond donors (Lipinski definition) is 4. The predicted octanol–water partition coefficient (Wildman–Crippen LogP) is 3.86. The van der Waals surface area contributed by atoms with E-state index in [2.05, 4.69) is 16.0 Å². The van der Waals surface area contributed by atoms with Gasteiger partial charge in [0.2, 0.25) is 11.8 Å². The zero-order valence-electron chi connectivity index (χ0n) is 25.1. The fourth-order valence-electron chi connectivity index (χ4n) is 5.32. The van der Waals surface area contributed by atoms with E-state index in [1.807, 2.05) is 36.4 Å². The minimum Gasteiger partial charge on any atom is -0.494 e. The molecule has 1 unspecified atom stereocenters. The average molecular weight is 611 g/mol. The van der Waals surface area contributed by atoms with Gasteiger partial charge in [-0.15, -0.1) is 0 Å². The van der Waals surface area contributed by atoms with Crippen molar-refractivity contribution < 1.29 is 38.5 Å². The molecule has 0 bridgehead atoms. The summed E-state index contributed by atoms with van der Waals surface area (Å²) in [6.07, 6.45) is 3.47. The molecular weight excluding hydrogens is 568 g/mol. The number of carboxylic acid groups (broad SMARTS) is 1. The molecule has 0 radical (unpaired) electrons. The van der Waals surface area contributed by atoms with E-state index in [9.17, 15) is 19.2 Å². The maximum absolute atomic E-state index is 12.9. The smallest absolute Gasteiger partial charge is 0.405 e. The molecule has 1 saturated heterocycles. The van der Waals surface area contributed by atoms with Crippen LogP contribution in [0.2, 0.25) is 0 Å². The Labute approximate surface area is 257 Å². The summed E-state index contributed by atoms with van der Waals surface area (Å²) in [5.41, 5.74) is 3.13. The lowest BCUT2D eigenvalue weighted by Gasteiger charge is -2.29. The first-order valence-corrected chi connectivity index (χ1v) is 15.2. The van der Waals surface area contributed by atoms with Gasteiger partial charge in [-0.05, 0) is 62.4 Å². The second kappa shape index (κ2) is 16.6. The van der Waals surface area contributed by atoms with Gasteiger partial charge in [0.15, 0.2) is 0 Å². The number of fused-ring (bicyclic) bond motifs is 1. The summed E-state index contributed by atoms with van der Waals surface area (Å²) in [6, 6.07) is 12.0. The second-order valence-electron chi connectivity index (χ2n) is 10.9. The average Bonchev–Trinajstić information content (AvgIpc) is 3.33. The quantitative estimate of drug-likeness (QED) is 0.145. The summed E-state index contributed by atoms with van der Waals surface area (Å²) in [5, 5.41) is 17.0. The molecule has 12 heteroatoms. The number of amides is 4. The topological polar surface area (TPSA) is 156 Å². The van der Waals surface area contributed by atoms with Crippen molar-refractivity contribution in [2.75, 3.05) is 44.9 Å². The van der Waals surface area contributed by atoms with Crippen molar-refractivity contribution in [3.8, 4) is 5.75 Å². The summed E-state index contributed by atoms with van der Waals surface area (Å²) >= 11 is 0. The number of piperidine rings is 1. The molecule has 4 rings (SSSR count). The number of rotatable bonds is 18. The highest BCUT2D eigenvalue weighted by Gasteiger charge is 2.39. The number of ether oxygens (including phenoxy) is 3. The van der Waals surface area contributed by atoms with E-state index in [4.69, 9.17) is 19.3 Å². The maximum atomic E-state index is 12.9. The number of unbranched alkanes of at least 4 members (excludes halogenated alkanes) is 3. The van der Waals surface area contributed by atoms with E-state index in [1.165, 1.54) is 0 Å². The monoisotopic (exact) mass is 610 g/mol. The Morgan fingerprint density at radius 3 is 2.52 bits per heavy atom. The maximum Gasteiger partial charge on any atom is 0.405 e. The Bertz CT molecular complexity index is 1300. The number of hydrogen-bond acceptors (Lipinski definition) is 8. The van der Waals surface area contributed by atoms with E-state index in [-0.39, 0.29) is 24.3 Å². The third kappa shape index (κ3) is 9.42. The van der Waals surface area contributed by atoms with Crippen LogP contribution in [0.25, 0.3) is 0 Å². The SMILES string of the molecule is C[C@@H](NC(=O)O)c1cccc(OCCCCCCOCCOCCNc2cccc3c2CN(C2CCC(=O)NC2=O)C3=O)c1. The zero-order valence-corrected chi connectivity index (χ0v) is 25.1. The number of benzene rings is 2.